The number of fused-ring (bicyclic) bond motifs is 3. The summed E-state index contributed by atoms with van der Waals surface area (Å²) in [5.41, 5.74) is 5.67. The lowest BCUT2D eigenvalue weighted by Gasteiger charge is -2.12. The molecule has 0 spiro atoms. The van der Waals surface area contributed by atoms with Gasteiger partial charge in [-0.2, -0.15) is 5.10 Å². The molecule has 0 aliphatic carbocycles. The Bertz CT molecular complexity index is 1430. The van der Waals surface area contributed by atoms with Crippen molar-refractivity contribution in [3.8, 4) is 0 Å². The lowest BCUT2D eigenvalue weighted by Crippen LogP contribution is -2.16. The van der Waals surface area contributed by atoms with Gasteiger partial charge in [0, 0.05) is 34.6 Å². The SMILES string of the molecule is CCCS(=O)(=O)Nc1ccc(NC(=O)CCc2c(C)nc3c4ccccc4nn3c2C)cc1. The van der Waals surface area contributed by atoms with E-state index in [9.17, 15) is 13.2 Å². The number of nitrogens with one attached hydrogen (secondary N) is 2. The smallest absolute Gasteiger partial charge is 0.232 e. The zero-order valence-electron chi connectivity index (χ0n) is 18.9. The summed E-state index contributed by atoms with van der Waals surface area (Å²) in [6.45, 7) is 5.77. The molecule has 0 atom stereocenters. The molecule has 2 heterocycles. The van der Waals surface area contributed by atoms with E-state index in [2.05, 4.69) is 15.1 Å². The van der Waals surface area contributed by atoms with E-state index in [-0.39, 0.29) is 11.7 Å². The van der Waals surface area contributed by atoms with Crippen molar-refractivity contribution in [1.29, 1.82) is 0 Å². The van der Waals surface area contributed by atoms with Gasteiger partial charge in [-0.15, -0.1) is 0 Å². The van der Waals surface area contributed by atoms with Crippen molar-refractivity contribution >= 4 is 43.9 Å². The maximum atomic E-state index is 12.5. The molecule has 0 aliphatic rings. The normalized spacial score (nSPS) is 11.7. The Morgan fingerprint density at radius 1 is 1.03 bits per heavy atom. The molecule has 0 aliphatic heterocycles. The van der Waals surface area contributed by atoms with Gasteiger partial charge in [0.25, 0.3) is 0 Å². The zero-order chi connectivity index (χ0) is 23.6. The topological polar surface area (TPSA) is 105 Å². The number of carbonyl (C=O) groups is 1. The second kappa shape index (κ2) is 9.19. The molecule has 4 rings (SSSR count). The van der Waals surface area contributed by atoms with Gasteiger partial charge in [-0.1, -0.05) is 19.1 Å². The van der Waals surface area contributed by atoms with E-state index in [4.69, 9.17) is 4.98 Å². The minimum Gasteiger partial charge on any atom is -0.326 e. The first-order chi connectivity index (χ1) is 15.8. The highest BCUT2D eigenvalue weighted by Gasteiger charge is 2.15. The van der Waals surface area contributed by atoms with Crippen molar-refractivity contribution in [1.82, 2.24) is 14.6 Å². The van der Waals surface area contributed by atoms with E-state index < -0.39 is 10.0 Å². The van der Waals surface area contributed by atoms with Gasteiger partial charge in [0.15, 0.2) is 5.65 Å². The van der Waals surface area contributed by atoms with Crippen molar-refractivity contribution in [3.05, 3.63) is 65.5 Å². The van der Waals surface area contributed by atoms with Crippen LogP contribution in [0.25, 0.3) is 16.6 Å². The summed E-state index contributed by atoms with van der Waals surface area (Å²) in [5.74, 6) is -0.0571. The van der Waals surface area contributed by atoms with Gasteiger partial charge in [-0.25, -0.2) is 17.9 Å². The fourth-order valence-electron chi connectivity index (χ4n) is 3.92. The molecule has 2 aromatic heterocycles. The Morgan fingerprint density at radius 3 is 2.45 bits per heavy atom. The van der Waals surface area contributed by atoms with Crippen LogP contribution in [0.1, 0.15) is 36.7 Å². The molecule has 0 radical (unpaired) electrons. The summed E-state index contributed by atoms with van der Waals surface area (Å²) in [6, 6.07) is 14.5. The van der Waals surface area contributed by atoms with Gasteiger partial charge in [0.1, 0.15) is 0 Å². The first-order valence-electron chi connectivity index (χ1n) is 10.9. The van der Waals surface area contributed by atoms with E-state index in [0.717, 1.165) is 33.5 Å². The maximum absolute atomic E-state index is 12.5. The van der Waals surface area contributed by atoms with Gasteiger partial charge >= 0.3 is 0 Å². The predicted octanol–water partition coefficient (Wildman–Crippen LogP) is 4.22. The van der Waals surface area contributed by atoms with Crippen LogP contribution in [0.3, 0.4) is 0 Å². The third kappa shape index (κ3) is 4.98. The van der Waals surface area contributed by atoms with Crippen molar-refractivity contribution < 1.29 is 13.2 Å². The largest absolute Gasteiger partial charge is 0.326 e. The highest BCUT2D eigenvalue weighted by molar-refractivity contribution is 7.92. The second-order valence-electron chi connectivity index (χ2n) is 8.06. The number of nitrogens with zero attached hydrogens (tertiary/aromatic N) is 3. The van der Waals surface area contributed by atoms with Crippen LogP contribution in [0, 0.1) is 13.8 Å². The molecule has 1 amide bonds. The summed E-state index contributed by atoms with van der Waals surface area (Å²) in [7, 11) is -3.34. The first kappa shape index (κ1) is 22.7. The summed E-state index contributed by atoms with van der Waals surface area (Å²) >= 11 is 0. The number of amides is 1. The molecule has 172 valence electrons. The number of hydrogen-bond donors (Lipinski definition) is 2. The van der Waals surface area contributed by atoms with Gasteiger partial charge in [-0.05, 0) is 68.7 Å². The average Bonchev–Trinajstić information content (AvgIpc) is 3.13. The molecular weight excluding hydrogens is 438 g/mol. The first-order valence-corrected chi connectivity index (χ1v) is 12.6. The van der Waals surface area contributed by atoms with Gasteiger partial charge in [-0.3, -0.25) is 9.52 Å². The van der Waals surface area contributed by atoms with Gasteiger partial charge in [0.05, 0.1) is 11.3 Å². The van der Waals surface area contributed by atoms with Crippen LogP contribution >= 0.6 is 0 Å². The van der Waals surface area contributed by atoms with Crippen LogP contribution in [-0.2, 0) is 21.2 Å². The highest BCUT2D eigenvalue weighted by Crippen LogP contribution is 2.23. The van der Waals surface area contributed by atoms with Gasteiger partial charge < -0.3 is 5.32 Å². The minimum atomic E-state index is -3.34. The molecule has 8 nitrogen and oxygen atoms in total. The standard InChI is InChI=1S/C24H27N5O3S/c1-4-15-33(31,32)28-19-11-9-18(10-12-19)26-23(30)14-13-20-16(2)25-24-21-7-5-6-8-22(21)27-29(24)17(20)3/h5-12,28H,4,13-15H2,1-3H3,(H,26,30). The molecule has 0 saturated heterocycles. The highest BCUT2D eigenvalue weighted by atomic mass is 32.2. The molecule has 0 unspecified atom stereocenters. The van der Waals surface area contributed by atoms with Crippen molar-refractivity contribution in [2.45, 2.75) is 40.0 Å². The Kier molecular flexibility index (Phi) is 6.33. The van der Waals surface area contributed by atoms with Crippen LogP contribution in [0.4, 0.5) is 11.4 Å². The number of carbonyl (C=O) groups excluding carboxylic acids is 1. The number of aryl methyl sites for hydroxylation is 2. The molecule has 0 fully saturated rings. The summed E-state index contributed by atoms with van der Waals surface area (Å²) < 4.78 is 28.1. The van der Waals surface area contributed by atoms with E-state index in [1.165, 1.54) is 0 Å². The second-order valence-corrected chi connectivity index (χ2v) is 9.90. The Morgan fingerprint density at radius 2 is 1.73 bits per heavy atom. The average molecular weight is 466 g/mol. The van der Waals surface area contributed by atoms with Crippen LogP contribution in [0.2, 0.25) is 0 Å². The van der Waals surface area contributed by atoms with E-state index in [0.29, 0.717) is 30.6 Å². The number of hydrogen-bond acceptors (Lipinski definition) is 5. The number of anilines is 2. The monoisotopic (exact) mass is 465 g/mol. The summed E-state index contributed by atoms with van der Waals surface area (Å²) in [6.07, 6.45) is 1.37. The number of aromatic nitrogens is 3. The third-order valence-corrected chi connectivity index (χ3v) is 7.03. The van der Waals surface area contributed by atoms with E-state index >= 15 is 0 Å². The third-order valence-electron chi connectivity index (χ3n) is 5.54. The Labute approximate surface area is 193 Å². The molecule has 9 heteroatoms. The lowest BCUT2D eigenvalue weighted by atomic mass is 10.1. The van der Waals surface area contributed by atoms with E-state index in [1.807, 2.05) is 49.6 Å². The quantitative estimate of drug-likeness (QED) is 0.405. The Balaban J connectivity index is 1.43. The number of benzene rings is 2. The van der Waals surface area contributed by atoms with Crippen LogP contribution in [0.15, 0.2) is 48.5 Å². The summed E-state index contributed by atoms with van der Waals surface area (Å²) in [5, 5.41) is 8.54. The van der Waals surface area contributed by atoms with Crippen molar-refractivity contribution in [3.63, 3.8) is 0 Å². The number of sulfonamides is 1. The van der Waals surface area contributed by atoms with Crippen molar-refractivity contribution in [2.75, 3.05) is 15.8 Å². The predicted molar refractivity (Wildman–Crippen MR) is 131 cm³/mol. The molecule has 2 aromatic carbocycles. The van der Waals surface area contributed by atoms with Crippen molar-refractivity contribution in [2.24, 2.45) is 0 Å². The van der Waals surface area contributed by atoms with E-state index in [1.54, 1.807) is 24.3 Å². The zero-order valence-corrected chi connectivity index (χ0v) is 19.7. The van der Waals surface area contributed by atoms with Crippen LogP contribution < -0.4 is 10.0 Å². The lowest BCUT2D eigenvalue weighted by molar-refractivity contribution is -0.116. The molecule has 4 aromatic rings. The molecule has 0 bridgehead atoms. The number of rotatable bonds is 8. The minimum absolute atomic E-state index is 0.0690. The fraction of sp³-hybridized carbons (Fsp3) is 0.292. The molecule has 2 N–H and O–H groups in total. The maximum Gasteiger partial charge on any atom is 0.232 e. The van der Waals surface area contributed by atoms with Crippen LogP contribution in [0.5, 0.6) is 0 Å². The molecular formula is C24H27N5O3S. The summed E-state index contributed by atoms with van der Waals surface area (Å²) in [4.78, 5) is 17.3. The van der Waals surface area contributed by atoms with Gasteiger partial charge in [0.2, 0.25) is 15.9 Å². The van der Waals surface area contributed by atoms with Crippen LogP contribution in [-0.4, -0.2) is 34.7 Å². The Hall–Kier alpha value is -3.46. The fourth-order valence-corrected chi connectivity index (χ4v) is 5.06. The molecule has 0 saturated carbocycles. The molecule has 33 heavy (non-hydrogen) atoms.